The maximum absolute atomic E-state index is 12.3. The second-order valence-electron chi connectivity index (χ2n) is 4.60. The van der Waals surface area contributed by atoms with Gasteiger partial charge in [-0.05, 0) is 29.7 Å². The molecule has 2 atom stereocenters. The van der Waals surface area contributed by atoms with Crippen molar-refractivity contribution in [2.24, 2.45) is 11.8 Å². The van der Waals surface area contributed by atoms with E-state index in [1.807, 2.05) is 0 Å². The topological polar surface area (TPSA) is 37.4 Å². The molecule has 1 aliphatic carbocycles. The monoisotopic (exact) mass is 293 g/mol. The molecule has 0 radical (unpaired) electrons. The average molecular weight is 294 g/mol. The summed E-state index contributed by atoms with van der Waals surface area (Å²) < 4.78 is 26.1. The van der Waals surface area contributed by atoms with Crippen LogP contribution in [0.15, 0.2) is 16.3 Å². The van der Waals surface area contributed by atoms with Crippen molar-refractivity contribution in [2.45, 2.75) is 24.1 Å². The van der Waals surface area contributed by atoms with Crippen molar-refractivity contribution in [1.29, 1.82) is 0 Å². The number of hydrogen-bond donors (Lipinski definition) is 0. The summed E-state index contributed by atoms with van der Waals surface area (Å²) in [7, 11) is -1.71. The number of alkyl halides is 1. The van der Waals surface area contributed by atoms with Crippen LogP contribution in [-0.4, -0.2) is 26.3 Å². The molecule has 1 saturated carbocycles. The number of halogens is 1. The Labute approximate surface area is 111 Å². The molecule has 1 heterocycles. The molecule has 0 N–H and O–H groups in total. The highest BCUT2D eigenvalue weighted by Crippen LogP contribution is 2.39. The van der Waals surface area contributed by atoms with Gasteiger partial charge in [-0.2, -0.15) is 0 Å². The van der Waals surface area contributed by atoms with Crippen molar-refractivity contribution in [2.75, 3.05) is 13.6 Å². The normalized spacial score (nSPS) is 24.2. The van der Waals surface area contributed by atoms with Gasteiger partial charge < -0.3 is 0 Å². The largest absolute Gasteiger partial charge is 0.243 e. The molecule has 3 nitrogen and oxygen atoms in total. The van der Waals surface area contributed by atoms with E-state index in [0.717, 1.165) is 11.3 Å². The van der Waals surface area contributed by atoms with Crippen molar-refractivity contribution < 1.29 is 8.42 Å². The molecule has 0 saturated heterocycles. The Bertz CT molecular complexity index is 497. The second-order valence-corrected chi connectivity index (χ2v) is 7.88. The lowest BCUT2D eigenvalue weighted by molar-refractivity contribution is 0.444. The first kappa shape index (κ1) is 13.3. The van der Waals surface area contributed by atoms with Crippen molar-refractivity contribution in [3.63, 3.8) is 0 Å². The Morgan fingerprint density at radius 3 is 2.76 bits per heavy atom. The SMILES string of the molecule is CC1CC1CN(C)S(=O)(=O)c1ccsc1CCl. The number of rotatable bonds is 5. The smallest absolute Gasteiger partial charge is 0.207 e. The molecule has 0 aromatic carbocycles. The summed E-state index contributed by atoms with van der Waals surface area (Å²) in [5.74, 6) is 1.43. The molecule has 2 unspecified atom stereocenters. The van der Waals surface area contributed by atoms with Crippen LogP contribution in [0.1, 0.15) is 18.2 Å². The zero-order valence-electron chi connectivity index (χ0n) is 9.89. The van der Waals surface area contributed by atoms with Gasteiger partial charge in [0.05, 0.1) is 10.8 Å². The van der Waals surface area contributed by atoms with Gasteiger partial charge in [-0.25, -0.2) is 12.7 Å². The standard InChI is InChI=1S/C11H16ClNO2S2/c1-8-5-9(8)7-13(2)17(14,15)11-3-4-16-10(11)6-12/h3-4,8-9H,5-7H2,1-2H3. The van der Waals surface area contributed by atoms with E-state index in [9.17, 15) is 8.42 Å². The Morgan fingerprint density at radius 2 is 2.24 bits per heavy atom. The highest BCUT2D eigenvalue weighted by molar-refractivity contribution is 7.89. The lowest BCUT2D eigenvalue weighted by Gasteiger charge is -2.17. The molecule has 0 spiro atoms. The Kier molecular flexibility index (Phi) is 3.83. The Morgan fingerprint density at radius 1 is 1.59 bits per heavy atom. The van der Waals surface area contributed by atoms with E-state index in [-0.39, 0.29) is 5.88 Å². The van der Waals surface area contributed by atoms with E-state index in [4.69, 9.17) is 11.6 Å². The number of hydrogen-bond acceptors (Lipinski definition) is 3. The molecule has 0 amide bonds. The second kappa shape index (κ2) is 4.88. The van der Waals surface area contributed by atoms with Crippen LogP contribution in [0.25, 0.3) is 0 Å². The van der Waals surface area contributed by atoms with Crippen molar-refractivity contribution in [1.82, 2.24) is 4.31 Å². The Balaban J connectivity index is 2.17. The lowest BCUT2D eigenvalue weighted by Crippen LogP contribution is -2.29. The summed E-state index contributed by atoms with van der Waals surface area (Å²) >= 11 is 7.14. The third-order valence-electron chi connectivity index (χ3n) is 3.28. The highest BCUT2D eigenvalue weighted by Gasteiger charge is 2.36. The first-order valence-electron chi connectivity index (χ1n) is 5.55. The van der Waals surface area contributed by atoms with Crippen molar-refractivity contribution in [3.05, 3.63) is 16.3 Å². The molecule has 0 aliphatic heterocycles. The molecular formula is C11H16ClNO2S2. The fourth-order valence-electron chi connectivity index (χ4n) is 1.91. The van der Waals surface area contributed by atoms with Gasteiger partial charge in [0.2, 0.25) is 10.0 Å². The van der Waals surface area contributed by atoms with E-state index < -0.39 is 10.0 Å². The van der Waals surface area contributed by atoms with Gasteiger partial charge in [0, 0.05) is 18.5 Å². The van der Waals surface area contributed by atoms with Gasteiger partial charge in [-0.3, -0.25) is 0 Å². The average Bonchev–Trinajstić information content (AvgIpc) is 2.83. The van der Waals surface area contributed by atoms with Gasteiger partial charge in [-0.1, -0.05) is 6.92 Å². The zero-order valence-corrected chi connectivity index (χ0v) is 12.3. The maximum Gasteiger partial charge on any atom is 0.243 e. The van der Waals surface area contributed by atoms with E-state index in [1.54, 1.807) is 18.5 Å². The van der Waals surface area contributed by atoms with Gasteiger partial charge in [-0.15, -0.1) is 22.9 Å². The van der Waals surface area contributed by atoms with Crippen LogP contribution < -0.4 is 0 Å². The summed E-state index contributed by atoms with van der Waals surface area (Å²) in [4.78, 5) is 1.09. The van der Waals surface area contributed by atoms with E-state index in [1.165, 1.54) is 15.6 Å². The zero-order chi connectivity index (χ0) is 12.6. The molecule has 0 bridgehead atoms. The molecule has 1 aliphatic rings. The fraction of sp³-hybridized carbons (Fsp3) is 0.636. The summed E-state index contributed by atoms with van der Waals surface area (Å²) in [5, 5.41) is 1.78. The minimum atomic E-state index is -3.36. The first-order chi connectivity index (χ1) is 7.96. The van der Waals surface area contributed by atoms with Crippen LogP contribution in [0, 0.1) is 11.8 Å². The van der Waals surface area contributed by atoms with Crippen LogP contribution in [0.5, 0.6) is 0 Å². The predicted molar refractivity (Wildman–Crippen MR) is 71.0 cm³/mol. The van der Waals surface area contributed by atoms with Crippen LogP contribution in [0.3, 0.4) is 0 Å². The van der Waals surface area contributed by atoms with Crippen LogP contribution >= 0.6 is 22.9 Å². The molecule has 1 aromatic rings. The van der Waals surface area contributed by atoms with Crippen LogP contribution in [-0.2, 0) is 15.9 Å². The molecular weight excluding hydrogens is 278 g/mol. The van der Waals surface area contributed by atoms with E-state index >= 15 is 0 Å². The Hall–Kier alpha value is -0.100. The number of thiophene rings is 1. The molecule has 1 fully saturated rings. The number of sulfonamides is 1. The highest BCUT2D eigenvalue weighted by atomic mass is 35.5. The van der Waals surface area contributed by atoms with E-state index in [2.05, 4.69) is 6.92 Å². The molecule has 6 heteroatoms. The lowest BCUT2D eigenvalue weighted by atomic mass is 10.3. The summed E-state index contributed by atoms with van der Waals surface area (Å²) in [6, 6.07) is 1.64. The molecule has 2 rings (SSSR count). The molecule has 96 valence electrons. The van der Waals surface area contributed by atoms with Gasteiger partial charge in [0.15, 0.2) is 0 Å². The minimum Gasteiger partial charge on any atom is -0.207 e. The van der Waals surface area contributed by atoms with Gasteiger partial charge in [0.1, 0.15) is 0 Å². The summed E-state index contributed by atoms with van der Waals surface area (Å²) in [6.07, 6.45) is 1.13. The minimum absolute atomic E-state index is 0.250. The van der Waals surface area contributed by atoms with Gasteiger partial charge in [0.25, 0.3) is 0 Å². The van der Waals surface area contributed by atoms with Crippen LogP contribution in [0.2, 0.25) is 0 Å². The van der Waals surface area contributed by atoms with Crippen LogP contribution in [0.4, 0.5) is 0 Å². The van der Waals surface area contributed by atoms with Crippen molar-refractivity contribution >= 4 is 33.0 Å². The third kappa shape index (κ3) is 2.67. The quantitative estimate of drug-likeness (QED) is 0.783. The predicted octanol–water partition coefficient (Wildman–Crippen LogP) is 2.76. The van der Waals surface area contributed by atoms with Crippen molar-refractivity contribution in [3.8, 4) is 0 Å². The van der Waals surface area contributed by atoms with E-state index in [0.29, 0.717) is 23.3 Å². The molecule has 1 aromatic heterocycles. The maximum atomic E-state index is 12.3. The van der Waals surface area contributed by atoms with Gasteiger partial charge >= 0.3 is 0 Å². The summed E-state index contributed by atoms with van der Waals surface area (Å²) in [5.41, 5.74) is 0. The fourth-order valence-corrected chi connectivity index (χ4v) is 4.80. The number of nitrogens with zero attached hydrogens (tertiary/aromatic N) is 1. The third-order valence-corrected chi connectivity index (χ3v) is 6.67. The first-order valence-corrected chi connectivity index (χ1v) is 8.41. The molecule has 17 heavy (non-hydrogen) atoms. The summed E-state index contributed by atoms with van der Waals surface area (Å²) in [6.45, 7) is 2.76.